The van der Waals surface area contributed by atoms with Gasteiger partial charge in [0.2, 0.25) is 0 Å². The molecule has 26 heavy (non-hydrogen) atoms. The second-order valence-electron chi connectivity index (χ2n) is 6.14. The van der Waals surface area contributed by atoms with Crippen LogP contribution in [0.1, 0.15) is 23.5 Å². The summed E-state index contributed by atoms with van der Waals surface area (Å²) in [6.07, 6.45) is 3.79. The number of nitrogens with zero attached hydrogens (tertiary/aromatic N) is 3. The molecule has 0 unspecified atom stereocenters. The maximum absolute atomic E-state index is 6.45. The predicted molar refractivity (Wildman–Crippen MR) is 109 cm³/mol. The van der Waals surface area contributed by atoms with Crippen LogP contribution in [-0.2, 0) is 0 Å². The molecule has 132 valence electrons. The fourth-order valence-corrected chi connectivity index (χ4v) is 4.10. The van der Waals surface area contributed by atoms with Gasteiger partial charge >= 0.3 is 0 Å². The highest BCUT2D eigenvalue weighted by atomic mass is 35.5. The summed E-state index contributed by atoms with van der Waals surface area (Å²) in [4.78, 5) is 6.58. The summed E-state index contributed by atoms with van der Waals surface area (Å²) in [5, 5.41) is 5.29. The molecule has 3 aromatic rings. The fraction of sp³-hybridized carbons (Fsp3) is 0.158. The fourth-order valence-electron chi connectivity index (χ4n) is 3.36. The molecule has 0 bridgehead atoms. The van der Waals surface area contributed by atoms with Gasteiger partial charge in [0.05, 0.1) is 28.5 Å². The normalized spacial score (nSPS) is 19.7. The molecule has 4 rings (SSSR count). The summed E-state index contributed by atoms with van der Waals surface area (Å²) in [6, 6.07) is 15.4. The third-order valence-electron chi connectivity index (χ3n) is 4.59. The van der Waals surface area contributed by atoms with Gasteiger partial charge < -0.3 is 14.8 Å². The van der Waals surface area contributed by atoms with Crippen molar-refractivity contribution in [1.82, 2.24) is 19.8 Å². The van der Waals surface area contributed by atoms with Gasteiger partial charge in [0, 0.05) is 30.2 Å². The predicted octanol–water partition coefficient (Wildman–Crippen LogP) is 4.78. The third-order valence-corrected chi connectivity index (χ3v) is 5.53. The lowest BCUT2D eigenvalue weighted by Crippen LogP contribution is -2.25. The number of aromatic nitrogens is 2. The summed E-state index contributed by atoms with van der Waals surface area (Å²) in [7, 11) is 1.99. The van der Waals surface area contributed by atoms with Gasteiger partial charge in [0.1, 0.15) is 0 Å². The first-order chi connectivity index (χ1) is 12.6. The van der Waals surface area contributed by atoms with Crippen molar-refractivity contribution in [2.24, 2.45) is 0 Å². The zero-order chi connectivity index (χ0) is 18.3. The SMILES string of the molecule is CN1C(=S)N[C@H](c2ccccn2)[C@H]1c1cccn1-c1ccc(Cl)cc1Cl. The first-order valence-corrected chi connectivity index (χ1v) is 9.29. The van der Waals surface area contributed by atoms with Crippen LogP contribution in [-0.4, -0.2) is 26.6 Å². The molecule has 0 amide bonds. The van der Waals surface area contributed by atoms with E-state index in [2.05, 4.69) is 25.8 Å². The van der Waals surface area contributed by atoms with Gasteiger partial charge in [-0.05, 0) is 54.7 Å². The zero-order valence-electron chi connectivity index (χ0n) is 13.9. The number of nitrogens with one attached hydrogen (secondary N) is 1. The summed E-state index contributed by atoms with van der Waals surface area (Å²) in [6.45, 7) is 0. The van der Waals surface area contributed by atoms with Crippen molar-refractivity contribution in [3.63, 3.8) is 0 Å². The number of likely N-dealkylation sites (N-methyl/N-ethyl adjacent to an activating group) is 1. The lowest BCUT2D eigenvalue weighted by molar-refractivity contribution is 0.357. The molecule has 1 aliphatic heterocycles. The van der Waals surface area contributed by atoms with Gasteiger partial charge in [0.15, 0.2) is 5.11 Å². The van der Waals surface area contributed by atoms with E-state index in [1.807, 2.05) is 49.6 Å². The van der Waals surface area contributed by atoms with Crippen LogP contribution in [0, 0.1) is 0 Å². The number of halogens is 2. The molecule has 0 spiro atoms. The van der Waals surface area contributed by atoms with E-state index in [4.69, 9.17) is 35.4 Å². The molecule has 2 atom stereocenters. The minimum atomic E-state index is -0.0478. The summed E-state index contributed by atoms with van der Waals surface area (Å²) in [5.41, 5.74) is 2.89. The zero-order valence-corrected chi connectivity index (χ0v) is 16.3. The molecule has 0 radical (unpaired) electrons. The molecule has 1 saturated heterocycles. The quantitative estimate of drug-likeness (QED) is 0.638. The molecule has 3 heterocycles. The van der Waals surface area contributed by atoms with Crippen molar-refractivity contribution < 1.29 is 0 Å². The van der Waals surface area contributed by atoms with Crippen molar-refractivity contribution in [2.75, 3.05) is 7.05 Å². The minimum absolute atomic E-state index is 0.0147. The first-order valence-electron chi connectivity index (χ1n) is 8.13. The Hall–Kier alpha value is -2.08. The lowest BCUT2D eigenvalue weighted by Gasteiger charge is -2.26. The van der Waals surface area contributed by atoms with Gasteiger partial charge in [-0.1, -0.05) is 29.3 Å². The van der Waals surface area contributed by atoms with Crippen LogP contribution in [0.2, 0.25) is 10.0 Å². The number of rotatable bonds is 3. The maximum atomic E-state index is 6.45. The van der Waals surface area contributed by atoms with Crippen molar-refractivity contribution in [3.8, 4) is 5.69 Å². The van der Waals surface area contributed by atoms with E-state index in [0.717, 1.165) is 17.1 Å². The Labute approximate surface area is 167 Å². The molecule has 1 aliphatic rings. The van der Waals surface area contributed by atoms with Crippen molar-refractivity contribution >= 4 is 40.5 Å². The topological polar surface area (TPSA) is 33.1 Å². The lowest BCUT2D eigenvalue weighted by atomic mass is 10.0. The van der Waals surface area contributed by atoms with E-state index in [0.29, 0.717) is 15.2 Å². The minimum Gasteiger partial charge on any atom is -0.352 e. The molecule has 0 aliphatic carbocycles. The van der Waals surface area contributed by atoms with E-state index >= 15 is 0 Å². The molecule has 1 fully saturated rings. The van der Waals surface area contributed by atoms with Gasteiger partial charge in [-0.3, -0.25) is 4.98 Å². The van der Waals surface area contributed by atoms with Crippen LogP contribution in [0.15, 0.2) is 60.9 Å². The number of hydrogen-bond acceptors (Lipinski definition) is 2. The average Bonchev–Trinajstić information content (AvgIpc) is 3.21. The Morgan fingerprint density at radius 2 is 1.96 bits per heavy atom. The van der Waals surface area contributed by atoms with E-state index < -0.39 is 0 Å². The summed E-state index contributed by atoms with van der Waals surface area (Å²) < 4.78 is 2.07. The van der Waals surface area contributed by atoms with Gasteiger partial charge in [0.25, 0.3) is 0 Å². The van der Waals surface area contributed by atoms with Crippen molar-refractivity contribution in [2.45, 2.75) is 12.1 Å². The molecule has 1 aromatic carbocycles. The smallest absolute Gasteiger partial charge is 0.169 e. The second kappa shape index (κ2) is 6.91. The molecule has 1 N–H and O–H groups in total. The number of thiocarbonyl (C=S) groups is 1. The van der Waals surface area contributed by atoms with Gasteiger partial charge in [-0.2, -0.15) is 0 Å². The highest BCUT2D eigenvalue weighted by Crippen LogP contribution is 2.39. The van der Waals surface area contributed by atoms with E-state index in [1.54, 1.807) is 12.3 Å². The monoisotopic (exact) mass is 402 g/mol. The highest BCUT2D eigenvalue weighted by molar-refractivity contribution is 7.80. The van der Waals surface area contributed by atoms with Crippen LogP contribution < -0.4 is 5.32 Å². The van der Waals surface area contributed by atoms with Gasteiger partial charge in [-0.15, -0.1) is 0 Å². The van der Waals surface area contributed by atoms with E-state index in [-0.39, 0.29) is 12.1 Å². The van der Waals surface area contributed by atoms with Gasteiger partial charge in [-0.25, -0.2) is 0 Å². The summed E-state index contributed by atoms with van der Waals surface area (Å²) >= 11 is 18.0. The number of benzene rings is 1. The maximum Gasteiger partial charge on any atom is 0.169 e. The van der Waals surface area contributed by atoms with Crippen LogP contribution >= 0.6 is 35.4 Å². The molecule has 0 saturated carbocycles. The highest BCUT2D eigenvalue weighted by Gasteiger charge is 2.39. The third kappa shape index (κ3) is 2.96. The molecular formula is C19H16Cl2N4S. The van der Waals surface area contributed by atoms with Crippen LogP contribution in [0.25, 0.3) is 5.69 Å². The Balaban J connectivity index is 1.81. The number of pyridine rings is 1. The largest absolute Gasteiger partial charge is 0.352 e. The Morgan fingerprint density at radius 1 is 1.12 bits per heavy atom. The molecule has 2 aromatic heterocycles. The Morgan fingerprint density at radius 3 is 2.69 bits per heavy atom. The van der Waals surface area contributed by atoms with Crippen LogP contribution in [0.5, 0.6) is 0 Å². The van der Waals surface area contributed by atoms with Crippen molar-refractivity contribution in [3.05, 3.63) is 82.4 Å². The van der Waals surface area contributed by atoms with Crippen LogP contribution in [0.3, 0.4) is 0 Å². The van der Waals surface area contributed by atoms with E-state index in [1.165, 1.54) is 0 Å². The first kappa shape index (κ1) is 17.3. The van der Waals surface area contributed by atoms with Crippen molar-refractivity contribution in [1.29, 1.82) is 0 Å². The van der Waals surface area contributed by atoms with E-state index in [9.17, 15) is 0 Å². The Kier molecular flexibility index (Phi) is 4.61. The Bertz CT molecular complexity index is 957. The van der Waals surface area contributed by atoms with Crippen LogP contribution in [0.4, 0.5) is 0 Å². The molecular weight excluding hydrogens is 387 g/mol. The number of hydrogen-bond donors (Lipinski definition) is 1. The molecule has 4 nitrogen and oxygen atoms in total. The molecule has 7 heteroatoms. The standard InChI is InChI=1S/C19H16Cl2N4S/c1-24-18(17(23-19(24)26)14-5-2-3-9-22-14)16-6-4-10-25(16)15-8-7-12(20)11-13(15)21/h2-11,17-18H,1H3,(H,23,26)/t17-,18-/m1/s1. The average molecular weight is 403 g/mol. The summed E-state index contributed by atoms with van der Waals surface area (Å²) in [5.74, 6) is 0. The second-order valence-corrected chi connectivity index (χ2v) is 7.37.